The maximum absolute atomic E-state index is 12.4. The molecule has 2 nitrogen and oxygen atoms in total. The van der Waals surface area contributed by atoms with Crippen LogP contribution in [0.15, 0.2) is 48.5 Å². The first-order valence-electron chi connectivity index (χ1n) is 7.60. The Morgan fingerprint density at radius 2 is 1.81 bits per heavy atom. The van der Waals surface area contributed by atoms with Gasteiger partial charge in [-0.15, -0.1) is 0 Å². The number of aryl methyl sites for hydroxylation is 2. The van der Waals surface area contributed by atoms with Crippen molar-refractivity contribution in [2.75, 3.05) is 13.6 Å². The fourth-order valence-corrected chi connectivity index (χ4v) is 3.03. The normalized spacial score (nSPS) is 13.4. The lowest BCUT2D eigenvalue weighted by Gasteiger charge is -2.16. The van der Waals surface area contributed by atoms with Gasteiger partial charge in [-0.2, -0.15) is 0 Å². The molecule has 2 heteroatoms. The number of carbonyl (C=O) groups excluding carboxylic acids is 1. The van der Waals surface area contributed by atoms with Crippen molar-refractivity contribution in [2.24, 2.45) is 0 Å². The molecule has 0 aliphatic heterocycles. The second kappa shape index (κ2) is 6.23. The van der Waals surface area contributed by atoms with Gasteiger partial charge in [0.2, 0.25) is 0 Å². The molecule has 0 saturated carbocycles. The molecule has 0 fully saturated rings. The molecule has 0 heterocycles. The molecular formula is C19H21NO. The van der Waals surface area contributed by atoms with Crippen LogP contribution in [0.4, 0.5) is 0 Å². The van der Waals surface area contributed by atoms with E-state index in [9.17, 15) is 4.79 Å². The SMILES string of the molecule is CN(CC(=O)c1ccc2c(c1)CCC2)Cc1ccccc1. The highest BCUT2D eigenvalue weighted by Crippen LogP contribution is 2.23. The van der Waals surface area contributed by atoms with Crippen LogP contribution in [-0.2, 0) is 19.4 Å². The summed E-state index contributed by atoms with van der Waals surface area (Å²) in [6.07, 6.45) is 3.51. The third kappa shape index (κ3) is 3.40. The summed E-state index contributed by atoms with van der Waals surface area (Å²) in [7, 11) is 2.00. The zero-order valence-corrected chi connectivity index (χ0v) is 12.5. The first kappa shape index (κ1) is 14.0. The maximum atomic E-state index is 12.4. The lowest BCUT2D eigenvalue weighted by Crippen LogP contribution is -2.25. The summed E-state index contributed by atoms with van der Waals surface area (Å²) in [5.41, 5.74) is 4.88. The van der Waals surface area contributed by atoms with Gasteiger partial charge in [0.25, 0.3) is 0 Å². The second-order valence-electron chi connectivity index (χ2n) is 5.92. The number of hydrogen-bond donors (Lipinski definition) is 0. The molecular weight excluding hydrogens is 258 g/mol. The Labute approximate surface area is 126 Å². The number of hydrogen-bond acceptors (Lipinski definition) is 2. The van der Waals surface area contributed by atoms with Crippen molar-refractivity contribution in [3.63, 3.8) is 0 Å². The fourth-order valence-electron chi connectivity index (χ4n) is 3.03. The van der Waals surface area contributed by atoms with Crippen LogP contribution in [-0.4, -0.2) is 24.3 Å². The lowest BCUT2D eigenvalue weighted by atomic mass is 10.0. The summed E-state index contributed by atoms with van der Waals surface area (Å²) >= 11 is 0. The minimum atomic E-state index is 0.211. The van der Waals surface area contributed by atoms with Crippen molar-refractivity contribution < 1.29 is 4.79 Å². The highest BCUT2D eigenvalue weighted by molar-refractivity contribution is 5.97. The highest BCUT2D eigenvalue weighted by Gasteiger charge is 2.15. The average Bonchev–Trinajstić information content (AvgIpc) is 2.95. The van der Waals surface area contributed by atoms with Crippen LogP contribution in [0.3, 0.4) is 0 Å². The van der Waals surface area contributed by atoms with E-state index in [4.69, 9.17) is 0 Å². The lowest BCUT2D eigenvalue weighted by molar-refractivity contribution is 0.0943. The second-order valence-corrected chi connectivity index (χ2v) is 5.92. The van der Waals surface area contributed by atoms with E-state index in [1.165, 1.54) is 23.1 Å². The van der Waals surface area contributed by atoms with Crippen LogP contribution in [0.2, 0.25) is 0 Å². The van der Waals surface area contributed by atoms with Gasteiger partial charge >= 0.3 is 0 Å². The fraction of sp³-hybridized carbons (Fsp3) is 0.316. The smallest absolute Gasteiger partial charge is 0.176 e. The Hall–Kier alpha value is -1.93. The van der Waals surface area contributed by atoms with Crippen molar-refractivity contribution in [2.45, 2.75) is 25.8 Å². The van der Waals surface area contributed by atoms with Crippen molar-refractivity contribution in [3.05, 3.63) is 70.8 Å². The molecule has 0 amide bonds. The molecule has 0 radical (unpaired) electrons. The van der Waals surface area contributed by atoms with Crippen LogP contribution in [0.25, 0.3) is 0 Å². The summed E-state index contributed by atoms with van der Waals surface area (Å²) in [5.74, 6) is 0.211. The minimum Gasteiger partial charge on any atom is -0.295 e. The quantitative estimate of drug-likeness (QED) is 0.781. The van der Waals surface area contributed by atoms with Crippen LogP contribution < -0.4 is 0 Å². The largest absolute Gasteiger partial charge is 0.295 e. The molecule has 2 aromatic carbocycles. The molecule has 0 atom stereocenters. The Balaban J connectivity index is 1.63. The van der Waals surface area contributed by atoms with E-state index in [0.717, 1.165) is 24.9 Å². The molecule has 0 aromatic heterocycles. The average molecular weight is 279 g/mol. The Morgan fingerprint density at radius 1 is 1.05 bits per heavy atom. The van der Waals surface area contributed by atoms with Gasteiger partial charge in [-0.3, -0.25) is 9.69 Å². The Bertz CT molecular complexity index is 633. The summed E-state index contributed by atoms with van der Waals surface area (Å²) < 4.78 is 0. The summed E-state index contributed by atoms with van der Waals surface area (Å²) in [5, 5.41) is 0. The number of fused-ring (bicyclic) bond motifs is 1. The molecule has 1 aliphatic carbocycles. The van der Waals surface area contributed by atoms with Crippen molar-refractivity contribution >= 4 is 5.78 Å². The topological polar surface area (TPSA) is 20.3 Å². The van der Waals surface area contributed by atoms with Gasteiger partial charge < -0.3 is 0 Å². The molecule has 3 rings (SSSR count). The third-order valence-corrected chi connectivity index (χ3v) is 4.13. The molecule has 108 valence electrons. The molecule has 1 aliphatic rings. The van der Waals surface area contributed by atoms with E-state index < -0.39 is 0 Å². The van der Waals surface area contributed by atoms with Crippen LogP contribution in [0.5, 0.6) is 0 Å². The molecule has 2 aromatic rings. The van der Waals surface area contributed by atoms with Crippen molar-refractivity contribution in [1.82, 2.24) is 4.90 Å². The van der Waals surface area contributed by atoms with E-state index in [-0.39, 0.29) is 5.78 Å². The molecule has 0 N–H and O–H groups in total. The molecule has 0 spiro atoms. The molecule has 0 bridgehead atoms. The zero-order valence-electron chi connectivity index (χ0n) is 12.5. The van der Waals surface area contributed by atoms with E-state index in [1.807, 2.05) is 31.3 Å². The first-order chi connectivity index (χ1) is 10.2. The van der Waals surface area contributed by atoms with Crippen LogP contribution in [0, 0.1) is 0 Å². The van der Waals surface area contributed by atoms with E-state index in [2.05, 4.69) is 29.2 Å². The maximum Gasteiger partial charge on any atom is 0.176 e. The molecule has 21 heavy (non-hydrogen) atoms. The van der Waals surface area contributed by atoms with Gasteiger partial charge in [-0.05, 0) is 49.1 Å². The number of Topliss-reactive ketones (excluding diaryl/α,β-unsaturated/α-hetero) is 1. The predicted molar refractivity (Wildman–Crippen MR) is 85.6 cm³/mol. The van der Waals surface area contributed by atoms with Crippen LogP contribution in [0.1, 0.15) is 33.5 Å². The summed E-state index contributed by atoms with van der Waals surface area (Å²) in [6, 6.07) is 16.5. The van der Waals surface area contributed by atoms with E-state index in [1.54, 1.807) is 0 Å². The number of benzene rings is 2. The van der Waals surface area contributed by atoms with Crippen molar-refractivity contribution in [1.29, 1.82) is 0 Å². The van der Waals surface area contributed by atoms with Gasteiger partial charge in [-0.1, -0.05) is 42.5 Å². The summed E-state index contributed by atoms with van der Waals surface area (Å²) in [4.78, 5) is 14.5. The summed E-state index contributed by atoms with van der Waals surface area (Å²) in [6.45, 7) is 1.27. The predicted octanol–water partition coefficient (Wildman–Crippen LogP) is 3.49. The zero-order chi connectivity index (χ0) is 14.7. The monoisotopic (exact) mass is 279 g/mol. The van der Waals surface area contributed by atoms with Gasteiger partial charge in [0.15, 0.2) is 5.78 Å². The van der Waals surface area contributed by atoms with E-state index in [0.29, 0.717) is 6.54 Å². The molecule has 0 saturated heterocycles. The highest BCUT2D eigenvalue weighted by atomic mass is 16.1. The third-order valence-electron chi connectivity index (χ3n) is 4.13. The number of likely N-dealkylation sites (N-methyl/N-ethyl adjacent to an activating group) is 1. The number of rotatable bonds is 5. The first-order valence-corrected chi connectivity index (χ1v) is 7.60. The minimum absolute atomic E-state index is 0.211. The van der Waals surface area contributed by atoms with Gasteiger partial charge in [0.1, 0.15) is 0 Å². The number of ketones is 1. The standard InChI is InChI=1S/C19H21NO/c1-20(13-15-6-3-2-4-7-15)14-19(21)18-11-10-16-8-5-9-17(16)12-18/h2-4,6-7,10-12H,5,8-9,13-14H2,1H3. The number of carbonyl (C=O) groups is 1. The van der Waals surface area contributed by atoms with E-state index >= 15 is 0 Å². The number of nitrogens with zero attached hydrogens (tertiary/aromatic N) is 1. The van der Waals surface area contributed by atoms with Gasteiger partial charge in [-0.25, -0.2) is 0 Å². The Morgan fingerprint density at radius 3 is 2.62 bits per heavy atom. The molecule has 0 unspecified atom stereocenters. The Kier molecular flexibility index (Phi) is 4.16. The van der Waals surface area contributed by atoms with Crippen LogP contribution >= 0.6 is 0 Å². The van der Waals surface area contributed by atoms with Gasteiger partial charge in [0.05, 0.1) is 6.54 Å². The van der Waals surface area contributed by atoms with Crippen molar-refractivity contribution in [3.8, 4) is 0 Å². The van der Waals surface area contributed by atoms with Gasteiger partial charge in [0, 0.05) is 12.1 Å².